The molecule has 1 nitrogen and oxygen atoms in total. The second-order valence-electron chi connectivity index (χ2n) is 6.35. The smallest absolute Gasteiger partial charge is 0.165 e. The van der Waals surface area contributed by atoms with Crippen molar-refractivity contribution >= 4 is 5.57 Å². The highest BCUT2D eigenvalue weighted by Gasteiger charge is 2.25. The number of ether oxygens (including phenoxy) is 1. The van der Waals surface area contributed by atoms with Crippen LogP contribution in [0.3, 0.4) is 0 Å². The molecule has 0 spiro atoms. The Labute approximate surface area is 143 Å². The molecule has 0 saturated heterocycles. The van der Waals surface area contributed by atoms with Crippen molar-refractivity contribution in [2.45, 2.75) is 26.2 Å². The lowest BCUT2D eigenvalue weighted by molar-refractivity contribution is 0.386. The zero-order chi connectivity index (χ0) is 17.1. The molecular weight excluding hydrogens is 299 g/mol. The Morgan fingerprint density at radius 3 is 2.71 bits per heavy atom. The first-order valence-corrected chi connectivity index (χ1v) is 8.38. The summed E-state index contributed by atoms with van der Waals surface area (Å²) in [5.74, 6) is 0.216. The van der Waals surface area contributed by atoms with Gasteiger partial charge in [0.1, 0.15) is 0 Å². The summed E-state index contributed by atoms with van der Waals surface area (Å²) in [5, 5.41) is 0. The van der Waals surface area contributed by atoms with Gasteiger partial charge in [-0.15, -0.1) is 0 Å². The maximum atomic E-state index is 14.2. The number of rotatable bonds is 2. The summed E-state index contributed by atoms with van der Waals surface area (Å²) in [7, 11) is 1.49. The van der Waals surface area contributed by atoms with E-state index in [1.807, 2.05) is 6.07 Å². The summed E-state index contributed by atoms with van der Waals surface area (Å²) < 4.78 is 19.2. The van der Waals surface area contributed by atoms with Crippen LogP contribution in [0.2, 0.25) is 0 Å². The van der Waals surface area contributed by atoms with Crippen LogP contribution < -0.4 is 4.74 Å². The van der Waals surface area contributed by atoms with Gasteiger partial charge in [0.15, 0.2) is 11.6 Å². The second kappa shape index (κ2) is 7.04. The molecule has 0 radical (unpaired) electrons. The van der Waals surface area contributed by atoms with Gasteiger partial charge in [-0.05, 0) is 60.6 Å². The van der Waals surface area contributed by atoms with Crippen LogP contribution in [0.1, 0.15) is 31.7 Å². The normalized spacial score (nSPS) is 24.4. The summed E-state index contributed by atoms with van der Waals surface area (Å²) in [5.41, 5.74) is 5.60. The van der Waals surface area contributed by atoms with E-state index in [1.165, 1.54) is 18.3 Å². The Kier molecular flexibility index (Phi) is 4.84. The second-order valence-corrected chi connectivity index (χ2v) is 6.35. The number of hydrogen-bond donors (Lipinski definition) is 0. The molecule has 1 aromatic carbocycles. The molecule has 3 rings (SSSR count). The van der Waals surface area contributed by atoms with Gasteiger partial charge >= 0.3 is 0 Å². The van der Waals surface area contributed by atoms with Gasteiger partial charge in [-0.3, -0.25) is 0 Å². The number of allylic oxidation sites excluding steroid dienone is 9. The maximum absolute atomic E-state index is 14.2. The first-order valence-electron chi connectivity index (χ1n) is 8.38. The van der Waals surface area contributed by atoms with E-state index in [9.17, 15) is 4.39 Å². The van der Waals surface area contributed by atoms with Gasteiger partial charge in [0.25, 0.3) is 0 Å². The minimum absolute atomic E-state index is 0.266. The zero-order valence-corrected chi connectivity index (χ0v) is 14.3. The van der Waals surface area contributed by atoms with Gasteiger partial charge in [-0.1, -0.05) is 48.6 Å². The predicted octanol–water partition coefficient (Wildman–Crippen LogP) is 6.02. The van der Waals surface area contributed by atoms with Crippen molar-refractivity contribution in [1.82, 2.24) is 0 Å². The summed E-state index contributed by atoms with van der Waals surface area (Å²) in [6.07, 6.45) is 14.0. The van der Waals surface area contributed by atoms with E-state index in [0.29, 0.717) is 0 Å². The van der Waals surface area contributed by atoms with Gasteiger partial charge < -0.3 is 4.74 Å². The van der Waals surface area contributed by atoms with E-state index < -0.39 is 0 Å². The van der Waals surface area contributed by atoms with Crippen LogP contribution in [0.25, 0.3) is 5.57 Å². The Bertz CT molecular complexity index is 777. The quantitative estimate of drug-likeness (QED) is 0.605. The summed E-state index contributed by atoms with van der Waals surface area (Å²) in [6, 6.07) is 5.21. The molecule has 0 amide bonds. The Hall–Kier alpha value is -2.35. The lowest BCUT2D eigenvalue weighted by atomic mass is 9.76. The number of methoxy groups -OCH3 is 1. The number of hydrogen-bond acceptors (Lipinski definition) is 1. The minimum Gasteiger partial charge on any atom is -0.494 e. The van der Waals surface area contributed by atoms with Gasteiger partial charge in [-0.25, -0.2) is 4.39 Å². The number of benzene rings is 1. The van der Waals surface area contributed by atoms with Crippen LogP contribution in [-0.4, -0.2) is 7.11 Å². The molecule has 0 aliphatic heterocycles. The largest absolute Gasteiger partial charge is 0.494 e. The molecule has 1 aromatic rings. The fourth-order valence-electron chi connectivity index (χ4n) is 3.48. The molecule has 0 fully saturated rings. The maximum Gasteiger partial charge on any atom is 0.165 e. The van der Waals surface area contributed by atoms with E-state index in [-0.39, 0.29) is 17.5 Å². The molecule has 0 aromatic heterocycles. The van der Waals surface area contributed by atoms with E-state index in [4.69, 9.17) is 4.74 Å². The Balaban J connectivity index is 2.05. The molecule has 2 heteroatoms. The van der Waals surface area contributed by atoms with Crippen molar-refractivity contribution in [3.8, 4) is 5.75 Å². The highest BCUT2D eigenvalue weighted by molar-refractivity contribution is 5.77. The fraction of sp³-hybridized carbons (Fsp3) is 0.273. The van der Waals surface area contributed by atoms with Crippen molar-refractivity contribution in [1.29, 1.82) is 0 Å². The fourth-order valence-corrected chi connectivity index (χ4v) is 3.48. The third-order valence-corrected chi connectivity index (χ3v) is 4.72. The van der Waals surface area contributed by atoms with Crippen LogP contribution in [0.4, 0.5) is 4.39 Å². The third-order valence-electron chi connectivity index (χ3n) is 4.72. The number of halogens is 1. The van der Waals surface area contributed by atoms with E-state index in [2.05, 4.69) is 43.9 Å². The van der Waals surface area contributed by atoms with Gasteiger partial charge in [0.2, 0.25) is 0 Å². The van der Waals surface area contributed by atoms with Crippen molar-refractivity contribution < 1.29 is 9.13 Å². The van der Waals surface area contributed by atoms with E-state index in [1.54, 1.807) is 12.1 Å². The monoisotopic (exact) mass is 322 g/mol. The van der Waals surface area contributed by atoms with Crippen molar-refractivity contribution in [3.63, 3.8) is 0 Å². The van der Waals surface area contributed by atoms with Crippen LogP contribution in [0, 0.1) is 11.7 Å². The van der Waals surface area contributed by atoms with Crippen LogP contribution in [0.15, 0.2) is 71.9 Å². The topological polar surface area (TPSA) is 9.23 Å². The molecule has 2 aliphatic carbocycles. The minimum atomic E-state index is -0.326. The average molecular weight is 322 g/mol. The van der Waals surface area contributed by atoms with Gasteiger partial charge in [-0.2, -0.15) is 0 Å². The van der Waals surface area contributed by atoms with Crippen LogP contribution in [-0.2, 0) is 0 Å². The third kappa shape index (κ3) is 3.28. The Morgan fingerprint density at radius 2 is 1.96 bits per heavy atom. The molecular formula is C22H23FO. The van der Waals surface area contributed by atoms with Crippen molar-refractivity contribution in [2.24, 2.45) is 5.92 Å². The van der Waals surface area contributed by atoms with Crippen molar-refractivity contribution in [3.05, 3.63) is 83.3 Å². The summed E-state index contributed by atoms with van der Waals surface area (Å²) in [6.45, 7) is 6.29. The van der Waals surface area contributed by atoms with Crippen LogP contribution in [0.5, 0.6) is 5.75 Å². The SMILES string of the molecule is C=C1C=C2/C(C)=C/C/C=C\CCC2C(c2ccc(OC)c(F)c2)=C1. The molecule has 0 heterocycles. The molecule has 124 valence electrons. The lowest BCUT2D eigenvalue weighted by Gasteiger charge is -2.28. The first kappa shape index (κ1) is 16.5. The zero-order valence-electron chi connectivity index (χ0n) is 14.3. The average Bonchev–Trinajstić information content (AvgIpc) is 2.65. The van der Waals surface area contributed by atoms with E-state index >= 15 is 0 Å². The van der Waals surface area contributed by atoms with Gasteiger partial charge in [0, 0.05) is 5.92 Å². The molecule has 0 saturated carbocycles. The lowest BCUT2D eigenvalue weighted by Crippen LogP contribution is -2.12. The Morgan fingerprint density at radius 1 is 1.17 bits per heavy atom. The van der Waals surface area contributed by atoms with Gasteiger partial charge in [0.05, 0.1) is 7.11 Å². The molecule has 1 unspecified atom stereocenters. The van der Waals surface area contributed by atoms with E-state index in [0.717, 1.165) is 36.0 Å². The molecule has 1 atom stereocenters. The summed E-state index contributed by atoms with van der Waals surface area (Å²) >= 11 is 0. The number of fused-ring (bicyclic) bond motifs is 1. The highest BCUT2D eigenvalue weighted by Crippen LogP contribution is 2.41. The highest BCUT2D eigenvalue weighted by atomic mass is 19.1. The standard InChI is InChI=1S/C22H23FO/c1-15-12-19-16(2)8-6-4-5-7-9-18(19)20(13-15)17-10-11-22(24-3)21(23)14-17/h4-5,8,10-14,18H,1,6-7,9H2,2-3H3/b5-4-,16-8+. The molecule has 0 bridgehead atoms. The molecule has 24 heavy (non-hydrogen) atoms. The molecule has 0 N–H and O–H groups in total. The van der Waals surface area contributed by atoms with Crippen molar-refractivity contribution in [2.75, 3.05) is 7.11 Å². The van der Waals surface area contributed by atoms with Crippen LogP contribution >= 0.6 is 0 Å². The molecule has 2 aliphatic rings. The predicted molar refractivity (Wildman–Crippen MR) is 98.4 cm³/mol. The summed E-state index contributed by atoms with van der Waals surface area (Å²) in [4.78, 5) is 0. The first-order chi connectivity index (χ1) is 11.6.